The number of morpholine rings is 1. The van der Waals surface area contributed by atoms with Gasteiger partial charge in [0.1, 0.15) is 11.9 Å². The highest BCUT2D eigenvalue weighted by molar-refractivity contribution is 5.91. The second kappa shape index (κ2) is 7.36. The molecule has 5 nitrogen and oxygen atoms in total. The van der Waals surface area contributed by atoms with Gasteiger partial charge in [-0.25, -0.2) is 4.79 Å². The summed E-state index contributed by atoms with van der Waals surface area (Å²) in [7, 11) is 1.59. The van der Waals surface area contributed by atoms with E-state index in [0.717, 1.165) is 5.56 Å². The first-order valence-electron chi connectivity index (χ1n) is 8.04. The lowest BCUT2D eigenvalue weighted by atomic mass is 10.1. The van der Waals surface area contributed by atoms with Gasteiger partial charge < -0.3 is 19.7 Å². The molecular weight excluding hydrogens is 304 g/mol. The van der Waals surface area contributed by atoms with Crippen LogP contribution in [-0.2, 0) is 4.74 Å². The number of amides is 2. The van der Waals surface area contributed by atoms with Crippen LogP contribution in [0.25, 0.3) is 0 Å². The average molecular weight is 326 g/mol. The minimum Gasteiger partial charge on any atom is -0.495 e. The zero-order valence-corrected chi connectivity index (χ0v) is 14.0. The summed E-state index contributed by atoms with van der Waals surface area (Å²) in [5, 5.41) is 2.92. The molecule has 24 heavy (non-hydrogen) atoms. The predicted octanol–water partition coefficient (Wildman–Crippen LogP) is 3.61. The summed E-state index contributed by atoms with van der Waals surface area (Å²) in [6.45, 7) is 3.68. The SMILES string of the molecule is COc1ccccc1NC(=O)N1CCOC(c2ccc(C)cc2)C1. The minimum absolute atomic E-state index is 0.0947. The van der Waals surface area contributed by atoms with E-state index >= 15 is 0 Å². The Kier molecular flexibility index (Phi) is 5.01. The fourth-order valence-corrected chi connectivity index (χ4v) is 2.76. The molecular formula is C19H22N2O3. The molecule has 1 heterocycles. The van der Waals surface area contributed by atoms with Crippen molar-refractivity contribution in [2.75, 3.05) is 32.1 Å². The van der Waals surface area contributed by atoms with Crippen molar-refractivity contribution in [3.8, 4) is 5.75 Å². The van der Waals surface area contributed by atoms with E-state index in [9.17, 15) is 4.79 Å². The molecule has 0 aliphatic carbocycles. The van der Waals surface area contributed by atoms with Crippen LogP contribution in [0.15, 0.2) is 48.5 Å². The molecule has 0 bridgehead atoms. The van der Waals surface area contributed by atoms with E-state index in [1.165, 1.54) is 5.56 Å². The Morgan fingerprint density at radius 2 is 1.96 bits per heavy atom. The van der Waals surface area contributed by atoms with Gasteiger partial charge in [0, 0.05) is 6.54 Å². The highest BCUT2D eigenvalue weighted by Crippen LogP contribution is 2.26. The van der Waals surface area contributed by atoms with E-state index in [1.807, 2.05) is 24.3 Å². The predicted molar refractivity (Wildman–Crippen MR) is 93.5 cm³/mol. The minimum atomic E-state index is -0.139. The quantitative estimate of drug-likeness (QED) is 0.937. The molecule has 3 rings (SSSR count). The first-order chi connectivity index (χ1) is 11.7. The Bertz CT molecular complexity index is 700. The third-order valence-corrected chi connectivity index (χ3v) is 4.15. The molecule has 0 radical (unpaired) electrons. The number of urea groups is 1. The van der Waals surface area contributed by atoms with E-state index in [2.05, 4.69) is 36.5 Å². The highest BCUT2D eigenvalue weighted by Gasteiger charge is 2.25. The number of carbonyl (C=O) groups excluding carboxylic acids is 1. The number of hydrogen-bond donors (Lipinski definition) is 1. The van der Waals surface area contributed by atoms with Crippen molar-refractivity contribution >= 4 is 11.7 Å². The average Bonchev–Trinajstić information content (AvgIpc) is 2.63. The van der Waals surface area contributed by atoms with Crippen molar-refractivity contribution in [2.45, 2.75) is 13.0 Å². The van der Waals surface area contributed by atoms with Crippen LogP contribution in [0, 0.1) is 6.92 Å². The van der Waals surface area contributed by atoms with Crippen LogP contribution < -0.4 is 10.1 Å². The Labute approximate surface area is 142 Å². The molecule has 2 aromatic carbocycles. The summed E-state index contributed by atoms with van der Waals surface area (Å²) in [5.74, 6) is 0.647. The Morgan fingerprint density at radius 1 is 1.21 bits per heavy atom. The number of hydrogen-bond acceptors (Lipinski definition) is 3. The van der Waals surface area contributed by atoms with E-state index in [-0.39, 0.29) is 12.1 Å². The largest absolute Gasteiger partial charge is 0.495 e. The molecule has 0 aromatic heterocycles. The second-order valence-corrected chi connectivity index (χ2v) is 5.85. The molecule has 1 saturated heterocycles. The number of aryl methyl sites for hydroxylation is 1. The van der Waals surface area contributed by atoms with Gasteiger partial charge >= 0.3 is 6.03 Å². The van der Waals surface area contributed by atoms with Gasteiger partial charge in [-0.15, -0.1) is 0 Å². The first-order valence-corrected chi connectivity index (χ1v) is 8.04. The zero-order valence-electron chi connectivity index (χ0n) is 14.0. The van der Waals surface area contributed by atoms with Crippen LogP contribution >= 0.6 is 0 Å². The normalized spacial score (nSPS) is 17.4. The second-order valence-electron chi connectivity index (χ2n) is 5.85. The maximum atomic E-state index is 12.6. The Morgan fingerprint density at radius 3 is 2.71 bits per heavy atom. The number of ether oxygens (including phenoxy) is 2. The fourth-order valence-electron chi connectivity index (χ4n) is 2.76. The van der Waals surface area contributed by atoms with Gasteiger partial charge in [-0.05, 0) is 24.6 Å². The lowest BCUT2D eigenvalue weighted by Crippen LogP contribution is -2.44. The molecule has 0 saturated carbocycles. The zero-order chi connectivity index (χ0) is 16.9. The number of rotatable bonds is 3. The number of benzene rings is 2. The summed E-state index contributed by atoms with van der Waals surface area (Å²) in [4.78, 5) is 14.3. The summed E-state index contributed by atoms with van der Waals surface area (Å²) < 4.78 is 11.1. The highest BCUT2D eigenvalue weighted by atomic mass is 16.5. The van der Waals surface area contributed by atoms with Crippen molar-refractivity contribution in [1.82, 2.24) is 4.90 Å². The van der Waals surface area contributed by atoms with Gasteiger partial charge in [0.25, 0.3) is 0 Å². The molecule has 1 N–H and O–H groups in total. The number of nitrogens with one attached hydrogen (secondary N) is 1. The molecule has 126 valence electrons. The fraction of sp³-hybridized carbons (Fsp3) is 0.316. The number of para-hydroxylation sites is 2. The van der Waals surface area contributed by atoms with E-state index in [0.29, 0.717) is 31.1 Å². The number of methoxy groups -OCH3 is 1. The first kappa shape index (κ1) is 16.3. The van der Waals surface area contributed by atoms with Gasteiger partial charge in [0.15, 0.2) is 0 Å². The molecule has 1 atom stereocenters. The standard InChI is InChI=1S/C19H22N2O3/c1-14-7-9-15(10-8-14)18-13-21(11-12-24-18)19(22)20-16-5-3-4-6-17(16)23-2/h3-10,18H,11-13H2,1-2H3,(H,20,22). The molecule has 0 spiro atoms. The number of nitrogens with zero attached hydrogens (tertiary/aromatic N) is 1. The van der Waals surface area contributed by atoms with Crippen LogP contribution in [0.3, 0.4) is 0 Å². The summed E-state index contributed by atoms with van der Waals surface area (Å²) >= 11 is 0. The Balaban J connectivity index is 1.68. The summed E-state index contributed by atoms with van der Waals surface area (Å²) in [5.41, 5.74) is 2.97. The number of anilines is 1. The maximum absolute atomic E-state index is 12.6. The van der Waals surface area contributed by atoms with E-state index in [4.69, 9.17) is 9.47 Å². The van der Waals surface area contributed by atoms with Crippen molar-refractivity contribution in [3.63, 3.8) is 0 Å². The molecule has 1 fully saturated rings. The van der Waals surface area contributed by atoms with Gasteiger partial charge in [-0.1, -0.05) is 42.0 Å². The molecule has 2 aromatic rings. The summed E-state index contributed by atoms with van der Waals surface area (Å²) in [6.07, 6.45) is -0.0947. The smallest absolute Gasteiger partial charge is 0.322 e. The monoisotopic (exact) mass is 326 g/mol. The van der Waals surface area contributed by atoms with Crippen molar-refractivity contribution in [2.24, 2.45) is 0 Å². The van der Waals surface area contributed by atoms with Crippen molar-refractivity contribution < 1.29 is 14.3 Å². The third-order valence-electron chi connectivity index (χ3n) is 4.15. The lowest BCUT2D eigenvalue weighted by Gasteiger charge is -2.33. The lowest BCUT2D eigenvalue weighted by molar-refractivity contribution is -0.0135. The van der Waals surface area contributed by atoms with Gasteiger partial charge in [0.2, 0.25) is 0 Å². The molecule has 1 aliphatic heterocycles. The van der Waals surface area contributed by atoms with E-state index in [1.54, 1.807) is 12.0 Å². The molecule has 2 amide bonds. The van der Waals surface area contributed by atoms with Crippen molar-refractivity contribution in [3.05, 3.63) is 59.7 Å². The van der Waals surface area contributed by atoms with E-state index < -0.39 is 0 Å². The topological polar surface area (TPSA) is 50.8 Å². The third kappa shape index (κ3) is 3.68. The maximum Gasteiger partial charge on any atom is 0.322 e. The van der Waals surface area contributed by atoms with Crippen LogP contribution in [0.5, 0.6) is 5.75 Å². The number of carbonyl (C=O) groups is 1. The summed E-state index contributed by atoms with van der Waals surface area (Å²) in [6, 6.07) is 15.5. The Hall–Kier alpha value is -2.53. The van der Waals surface area contributed by atoms with Gasteiger partial charge in [-0.2, -0.15) is 0 Å². The van der Waals surface area contributed by atoms with Crippen molar-refractivity contribution in [1.29, 1.82) is 0 Å². The molecule has 1 aliphatic rings. The van der Waals surface area contributed by atoms with Crippen LogP contribution in [0.4, 0.5) is 10.5 Å². The van der Waals surface area contributed by atoms with Gasteiger partial charge in [0.05, 0.1) is 25.9 Å². The van der Waals surface area contributed by atoms with Crippen LogP contribution in [-0.4, -0.2) is 37.7 Å². The molecule has 5 heteroatoms. The molecule has 1 unspecified atom stereocenters. The van der Waals surface area contributed by atoms with Gasteiger partial charge in [-0.3, -0.25) is 0 Å². The van der Waals surface area contributed by atoms with Crippen LogP contribution in [0.1, 0.15) is 17.2 Å². The van der Waals surface area contributed by atoms with Crippen LogP contribution in [0.2, 0.25) is 0 Å².